The third kappa shape index (κ3) is 6.08. The Balaban J connectivity index is 2.37. The highest BCUT2D eigenvalue weighted by atomic mass is 16.5. The van der Waals surface area contributed by atoms with Crippen molar-refractivity contribution in [2.45, 2.75) is 40.2 Å². The summed E-state index contributed by atoms with van der Waals surface area (Å²) in [5, 5.41) is 0. The van der Waals surface area contributed by atoms with Crippen LogP contribution in [0.25, 0.3) is 0 Å². The Morgan fingerprint density at radius 2 is 1.84 bits per heavy atom. The lowest BCUT2D eigenvalue weighted by atomic mass is 10.1. The maximum Gasteiger partial charge on any atom is 0.124 e. The van der Waals surface area contributed by atoms with E-state index in [-0.39, 0.29) is 6.04 Å². The summed E-state index contributed by atoms with van der Waals surface area (Å²) in [5.74, 6) is 1.55. The number of nitrogens with two attached hydrogens (primary N) is 1. The molecule has 19 heavy (non-hydrogen) atoms. The third-order valence-electron chi connectivity index (χ3n) is 2.98. The van der Waals surface area contributed by atoms with Crippen molar-refractivity contribution < 1.29 is 9.47 Å². The SMILES string of the molecule is Cc1ccc(OCCOCCC(C)C)c([C@H](C)N)c1. The van der Waals surface area contributed by atoms with E-state index in [9.17, 15) is 0 Å². The van der Waals surface area contributed by atoms with E-state index in [1.807, 2.05) is 19.1 Å². The highest BCUT2D eigenvalue weighted by Crippen LogP contribution is 2.24. The van der Waals surface area contributed by atoms with Crippen LogP contribution in [0.5, 0.6) is 5.75 Å². The average Bonchev–Trinajstić information content (AvgIpc) is 2.34. The van der Waals surface area contributed by atoms with Crippen molar-refractivity contribution in [1.82, 2.24) is 0 Å². The van der Waals surface area contributed by atoms with Crippen molar-refractivity contribution in [2.24, 2.45) is 11.7 Å². The second-order valence-corrected chi connectivity index (χ2v) is 5.47. The van der Waals surface area contributed by atoms with E-state index in [2.05, 4.69) is 26.8 Å². The predicted octanol–water partition coefficient (Wildman–Crippen LogP) is 3.46. The number of aryl methyl sites for hydroxylation is 1. The number of benzene rings is 1. The fourth-order valence-electron chi connectivity index (χ4n) is 1.79. The van der Waals surface area contributed by atoms with Crippen molar-refractivity contribution in [3.05, 3.63) is 29.3 Å². The maximum atomic E-state index is 5.96. The summed E-state index contributed by atoms with van der Waals surface area (Å²) >= 11 is 0. The van der Waals surface area contributed by atoms with E-state index >= 15 is 0 Å². The first kappa shape index (κ1) is 16.0. The van der Waals surface area contributed by atoms with Gasteiger partial charge in [-0.05, 0) is 32.3 Å². The quantitative estimate of drug-likeness (QED) is 0.732. The number of rotatable bonds is 8. The van der Waals surface area contributed by atoms with Crippen LogP contribution in [0.4, 0.5) is 0 Å². The van der Waals surface area contributed by atoms with Gasteiger partial charge >= 0.3 is 0 Å². The molecule has 1 rings (SSSR count). The van der Waals surface area contributed by atoms with Gasteiger partial charge in [-0.1, -0.05) is 31.5 Å². The summed E-state index contributed by atoms with van der Waals surface area (Å²) in [6.07, 6.45) is 1.09. The van der Waals surface area contributed by atoms with E-state index in [1.54, 1.807) is 0 Å². The molecule has 0 fully saturated rings. The zero-order valence-corrected chi connectivity index (χ0v) is 12.6. The molecule has 3 heteroatoms. The van der Waals surface area contributed by atoms with Crippen LogP contribution >= 0.6 is 0 Å². The van der Waals surface area contributed by atoms with Crippen molar-refractivity contribution in [2.75, 3.05) is 19.8 Å². The topological polar surface area (TPSA) is 44.5 Å². The summed E-state index contributed by atoms with van der Waals surface area (Å²) in [6, 6.07) is 6.10. The molecule has 0 aromatic heterocycles. The van der Waals surface area contributed by atoms with Gasteiger partial charge < -0.3 is 15.2 Å². The molecule has 0 amide bonds. The first-order valence-corrected chi connectivity index (χ1v) is 7.07. The molecule has 0 saturated heterocycles. The summed E-state index contributed by atoms with van der Waals surface area (Å²) < 4.78 is 11.3. The van der Waals surface area contributed by atoms with Crippen LogP contribution in [0.2, 0.25) is 0 Å². The smallest absolute Gasteiger partial charge is 0.124 e. The summed E-state index contributed by atoms with van der Waals surface area (Å²) in [4.78, 5) is 0. The van der Waals surface area contributed by atoms with Crippen LogP contribution in [-0.4, -0.2) is 19.8 Å². The summed E-state index contributed by atoms with van der Waals surface area (Å²) in [5.41, 5.74) is 8.22. The van der Waals surface area contributed by atoms with E-state index in [0.717, 1.165) is 24.3 Å². The molecule has 1 aromatic carbocycles. The van der Waals surface area contributed by atoms with Gasteiger partial charge in [-0.3, -0.25) is 0 Å². The van der Waals surface area contributed by atoms with Crippen LogP contribution in [0.1, 0.15) is 44.4 Å². The van der Waals surface area contributed by atoms with Gasteiger partial charge in [-0.15, -0.1) is 0 Å². The molecular weight excluding hydrogens is 238 g/mol. The van der Waals surface area contributed by atoms with Crippen molar-refractivity contribution in [3.8, 4) is 5.75 Å². The molecular formula is C16H27NO2. The molecule has 0 aliphatic heterocycles. The van der Waals surface area contributed by atoms with Crippen molar-refractivity contribution >= 4 is 0 Å². The highest BCUT2D eigenvalue weighted by Gasteiger charge is 2.08. The molecule has 1 atom stereocenters. The molecule has 0 radical (unpaired) electrons. The van der Waals surface area contributed by atoms with Gasteiger partial charge in [-0.25, -0.2) is 0 Å². The Labute approximate surface area is 117 Å². The van der Waals surface area contributed by atoms with Gasteiger partial charge in [0, 0.05) is 18.2 Å². The number of hydrogen-bond acceptors (Lipinski definition) is 3. The largest absolute Gasteiger partial charge is 0.491 e. The van der Waals surface area contributed by atoms with Gasteiger partial charge in [0.05, 0.1) is 6.61 Å². The van der Waals surface area contributed by atoms with Crippen LogP contribution in [0.15, 0.2) is 18.2 Å². The van der Waals surface area contributed by atoms with Crippen LogP contribution < -0.4 is 10.5 Å². The summed E-state index contributed by atoms with van der Waals surface area (Å²) in [6.45, 7) is 10.4. The third-order valence-corrected chi connectivity index (χ3v) is 2.98. The molecule has 3 nitrogen and oxygen atoms in total. The number of hydrogen-bond donors (Lipinski definition) is 1. The van der Waals surface area contributed by atoms with Crippen LogP contribution in [0.3, 0.4) is 0 Å². The maximum absolute atomic E-state index is 5.96. The molecule has 2 N–H and O–H groups in total. The fraction of sp³-hybridized carbons (Fsp3) is 0.625. The molecule has 0 aliphatic rings. The first-order valence-electron chi connectivity index (χ1n) is 7.07. The first-order chi connectivity index (χ1) is 9.00. The van der Waals surface area contributed by atoms with Crippen LogP contribution in [0, 0.1) is 12.8 Å². The Morgan fingerprint density at radius 3 is 2.47 bits per heavy atom. The van der Waals surface area contributed by atoms with E-state index in [4.69, 9.17) is 15.2 Å². The van der Waals surface area contributed by atoms with Gasteiger partial charge in [0.1, 0.15) is 12.4 Å². The minimum absolute atomic E-state index is 0.0169. The zero-order valence-electron chi connectivity index (χ0n) is 12.6. The second kappa shape index (κ2) is 8.18. The Kier molecular flexibility index (Phi) is 6.89. The average molecular weight is 265 g/mol. The molecule has 0 bridgehead atoms. The van der Waals surface area contributed by atoms with Crippen molar-refractivity contribution in [1.29, 1.82) is 0 Å². The molecule has 0 saturated carbocycles. The molecule has 1 aromatic rings. The Bertz CT molecular complexity index is 375. The molecule has 108 valence electrons. The van der Waals surface area contributed by atoms with Crippen molar-refractivity contribution in [3.63, 3.8) is 0 Å². The minimum atomic E-state index is -0.0169. The Hall–Kier alpha value is -1.06. The monoisotopic (exact) mass is 265 g/mol. The van der Waals surface area contributed by atoms with Gasteiger partial charge in [0.2, 0.25) is 0 Å². The van der Waals surface area contributed by atoms with E-state index in [0.29, 0.717) is 19.1 Å². The van der Waals surface area contributed by atoms with E-state index < -0.39 is 0 Å². The standard InChI is InChI=1S/C16H27NO2/c1-12(2)7-8-18-9-10-19-16-6-5-13(3)11-15(16)14(4)17/h5-6,11-12,14H,7-10,17H2,1-4H3/t14-/m0/s1. The predicted molar refractivity (Wildman–Crippen MR) is 79.6 cm³/mol. The molecule has 0 spiro atoms. The Morgan fingerprint density at radius 1 is 1.11 bits per heavy atom. The summed E-state index contributed by atoms with van der Waals surface area (Å²) in [7, 11) is 0. The molecule has 0 heterocycles. The molecule has 0 unspecified atom stereocenters. The second-order valence-electron chi connectivity index (χ2n) is 5.47. The lowest BCUT2D eigenvalue weighted by Crippen LogP contribution is -2.12. The van der Waals surface area contributed by atoms with E-state index in [1.165, 1.54) is 5.56 Å². The minimum Gasteiger partial charge on any atom is -0.491 e. The lowest BCUT2D eigenvalue weighted by Gasteiger charge is -2.15. The number of ether oxygens (including phenoxy) is 2. The highest BCUT2D eigenvalue weighted by molar-refractivity contribution is 5.38. The molecule has 0 aliphatic carbocycles. The van der Waals surface area contributed by atoms with Gasteiger partial charge in [-0.2, -0.15) is 0 Å². The van der Waals surface area contributed by atoms with Gasteiger partial charge in [0.15, 0.2) is 0 Å². The normalized spacial score (nSPS) is 12.7. The fourth-order valence-corrected chi connectivity index (χ4v) is 1.79. The zero-order chi connectivity index (χ0) is 14.3. The lowest BCUT2D eigenvalue weighted by molar-refractivity contribution is 0.0922. The van der Waals surface area contributed by atoms with Gasteiger partial charge in [0.25, 0.3) is 0 Å². The van der Waals surface area contributed by atoms with Crippen LogP contribution in [-0.2, 0) is 4.74 Å².